The van der Waals surface area contributed by atoms with Gasteiger partial charge in [0.1, 0.15) is 0 Å². The summed E-state index contributed by atoms with van der Waals surface area (Å²) >= 11 is 0. The monoisotopic (exact) mass is 208 g/mol. The molecule has 0 radical (unpaired) electrons. The van der Waals surface area contributed by atoms with Gasteiger partial charge in [-0.1, -0.05) is 0 Å². The number of nitrogens with zero attached hydrogens (tertiary/aromatic N) is 3. The van der Waals surface area contributed by atoms with E-state index < -0.39 is 0 Å². The summed E-state index contributed by atoms with van der Waals surface area (Å²) in [4.78, 5) is 13.3. The highest BCUT2D eigenvalue weighted by Gasteiger charge is 2.24. The molecule has 1 N–H and O–H groups in total. The van der Waals surface area contributed by atoms with Gasteiger partial charge in [0, 0.05) is 20.6 Å². The molecule has 0 saturated heterocycles. The molecule has 1 aliphatic rings. The molecule has 2 amide bonds. The van der Waals surface area contributed by atoms with Crippen LogP contribution in [0, 0.1) is 6.92 Å². The average Bonchev–Trinajstić information content (AvgIpc) is 2.53. The lowest BCUT2D eigenvalue weighted by Gasteiger charge is -2.27. The second-order valence-electron chi connectivity index (χ2n) is 3.86. The fourth-order valence-electron chi connectivity index (χ4n) is 2.11. The number of carbonyl (C=O) groups excluding carboxylic acids is 1. The van der Waals surface area contributed by atoms with E-state index in [1.807, 2.05) is 23.6 Å². The maximum absolute atomic E-state index is 11.5. The number of rotatable bonds is 0. The quantitative estimate of drug-likeness (QED) is 0.672. The number of aromatic nitrogens is 2. The minimum Gasteiger partial charge on any atom is -0.341 e. The normalized spacial score (nSPS) is 15.0. The number of fused-ring (bicyclic) bond motifs is 1. The van der Waals surface area contributed by atoms with Crippen LogP contribution in [0.1, 0.15) is 17.0 Å². The van der Waals surface area contributed by atoms with E-state index in [4.69, 9.17) is 0 Å². The predicted molar refractivity (Wildman–Crippen MR) is 56.5 cm³/mol. The van der Waals surface area contributed by atoms with E-state index in [9.17, 15) is 4.79 Å². The third-order valence-electron chi connectivity index (χ3n) is 2.95. The highest BCUT2D eigenvalue weighted by atomic mass is 16.2. The van der Waals surface area contributed by atoms with E-state index in [2.05, 4.69) is 10.4 Å². The summed E-state index contributed by atoms with van der Waals surface area (Å²) in [5.41, 5.74) is 3.55. The van der Waals surface area contributed by atoms with Crippen LogP contribution in [0.4, 0.5) is 4.79 Å². The van der Waals surface area contributed by atoms with Crippen LogP contribution in [-0.2, 0) is 20.0 Å². The van der Waals surface area contributed by atoms with Crippen LogP contribution in [0.2, 0.25) is 0 Å². The summed E-state index contributed by atoms with van der Waals surface area (Å²) in [5, 5.41) is 7.02. The number of hydrogen-bond donors (Lipinski definition) is 1. The third-order valence-corrected chi connectivity index (χ3v) is 2.95. The van der Waals surface area contributed by atoms with Gasteiger partial charge < -0.3 is 10.2 Å². The molecule has 0 atom stereocenters. The van der Waals surface area contributed by atoms with Gasteiger partial charge in [-0.15, -0.1) is 0 Å². The summed E-state index contributed by atoms with van der Waals surface area (Å²) in [5.74, 6) is 0. The molecular weight excluding hydrogens is 192 g/mol. The van der Waals surface area contributed by atoms with Crippen LogP contribution in [-0.4, -0.2) is 34.3 Å². The zero-order valence-corrected chi connectivity index (χ0v) is 9.37. The SMILES string of the molecule is CNC(=O)N1CCc2c(C)nn(C)c2C1. The Labute approximate surface area is 89.1 Å². The molecule has 2 heterocycles. The first kappa shape index (κ1) is 10.0. The lowest BCUT2D eigenvalue weighted by Crippen LogP contribution is -2.41. The zero-order chi connectivity index (χ0) is 11.0. The van der Waals surface area contributed by atoms with Crippen molar-refractivity contribution in [2.24, 2.45) is 7.05 Å². The number of hydrogen-bond acceptors (Lipinski definition) is 2. The molecule has 15 heavy (non-hydrogen) atoms. The molecule has 0 spiro atoms. The molecule has 1 aromatic rings. The fourth-order valence-corrected chi connectivity index (χ4v) is 2.11. The van der Waals surface area contributed by atoms with Crippen molar-refractivity contribution in [3.8, 4) is 0 Å². The molecule has 0 fully saturated rings. The van der Waals surface area contributed by atoms with E-state index in [0.717, 1.165) is 24.4 Å². The topological polar surface area (TPSA) is 50.2 Å². The maximum atomic E-state index is 11.5. The van der Waals surface area contributed by atoms with Gasteiger partial charge in [-0.3, -0.25) is 4.68 Å². The average molecular weight is 208 g/mol. The van der Waals surface area contributed by atoms with Gasteiger partial charge in [-0.2, -0.15) is 5.10 Å². The van der Waals surface area contributed by atoms with Gasteiger partial charge in [0.15, 0.2) is 0 Å². The Kier molecular flexibility index (Phi) is 2.38. The van der Waals surface area contributed by atoms with Gasteiger partial charge in [0.05, 0.1) is 17.9 Å². The molecule has 2 rings (SSSR count). The van der Waals surface area contributed by atoms with Crippen LogP contribution in [0.15, 0.2) is 0 Å². The minimum atomic E-state index is -0.0143. The largest absolute Gasteiger partial charge is 0.341 e. The number of amides is 2. The lowest BCUT2D eigenvalue weighted by molar-refractivity contribution is 0.193. The van der Waals surface area contributed by atoms with Crippen LogP contribution < -0.4 is 5.32 Å². The molecule has 1 aliphatic heterocycles. The molecule has 5 nitrogen and oxygen atoms in total. The van der Waals surface area contributed by atoms with Gasteiger partial charge >= 0.3 is 6.03 Å². The van der Waals surface area contributed by atoms with E-state index in [1.54, 1.807) is 7.05 Å². The number of carbonyl (C=O) groups is 1. The van der Waals surface area contributed by atoms with E-state index >= 15 is 0 Å². The molecule has 82 valence electrons. The molecule has 0 bridgehead atoms. The lowest BCUT2D eigenvalue weighted by atomic mass is 10.1. The van der Waals surface area contributed by atoms with Gasteiger partial charge in [-0.05, 0) is 18.9 Å². The summed E-state index contributed by atoms with van der Waals surface area (Å²) in [6.45, 7) is 3.46. The fraction of sp³-hybridized carbons (Fsp3) is 0.600. The second kappa shape index (κ2) is 3.56. The van der Waals surface area contributed by atoms with E-state index in [0.29, 0.717) is 6.54 Å². The smallest absolute Gasteiger partial charge is 0.317 e. The van der Waals surface area contributed by atoms with Crippen molar-refractivity contribution >= 4 is 6.03 Å². The molecule has 0 aromatic carbocycles. The Hall–Kier alpha value is -1.52. The van der Waals surface area contributed by atoms with Crippen molar-refractivity contribution in [3.63, 3.8) is 0 Å². The minimum absolute atomic E-state index is 0.0143. The Morgan fingerprint density at radius 1 is 1.53 bits per heavy atom. The zero-order valence-electron chi connectivity index (χ0n) is 9.37. The highest BCUT2D eigenvalue weighted by Crippen LogP contribution is 2.21. The molecule has 0 unspecified atom stereocenters. The highest BCUT2D eigenvalue weighted by molar-refractivity contribution is 5.74. The van der Waals surface area contributed by atoms with Crippen molar-refractivity contribution in [2.75, 3.05) is 13.6 Å². The van der Waals surface area contributed by atoms with Crippen LogP contribution in [0.5, 0.6) is 0 Å². The molecule has 0 saturated carbocycles. The predicted octanol–water partition coefficient (Wildman–Crippen LogP) is 0.426. The van der Waals surface area contributed by atoms with Crippen molar-refractivity contribution in [1.82, 2.24) is 20.0 Å². The van der Waals surface area contributed by atoms with Crippen molar-refractivity contribution in [3.05, 3.63) is 17.0 Å². The Morgan fingerprint density at radius 3 is 2.93 bits per heavy atom. The van der Waals surface area contributed by atoms with E-state index in [-0.39, 0.29) is 6.03 Å². The first-order valence-electron chi connectivity index (χ1n) is 5.11. The van der Waals surface area contributed by atoms with Crippen LogP contribution in [0.25, 0.3) is 0 Å². The van der Waals surface area contributed by atoms with Crippen LogP contribution >= 0.6 is 0 Å². The summed E-state index contributed by atoms with van der Waals surface area (Å²) in [6.07, 6.45) is 0.905. The standard InChI is InChI=1S/C10H16N4O/c1-7-8-4-5-14(10(15)11-2)6-9(8)13(3)12-7/h4-6H2,1-3H3,(H,11,15). The second-order valence-corrected chi connectivity index (χ2v) is 3.86. The molecule has 5 heteroatoms. The van der Waals surface area contributed by atoms with Crippen LogP contribution in [0.3, 0.4) is 0 Å². The molecular formula is C10H16N4O. The Morgan fingerprint density at radius 2 is 2.27 bits per heavy atom. The van der Waals surface area contributed by atoms with E-state index in [1.165, 1.54) is 5.56 Å². The summed E-state index contributed by atoms with van der Waals surface area (Å²) < 4.78 is 1.87. The number of urea groups is 1. The maximum Gasteiger partial charge on any atom is 0.317 e. The number of nitrogens with one attached hydrogen (secondary N) is 1. The Bertz CT molecular complexity index is 396. The van der Waals surface area contributed by atoms with Crippen molar-refractivity contribution in [2.45, 2.75) is 19.9 Å². The van der Waals surface area contributed by atoms with Gasteiger partial charge in [0.25, 0.3) is 0 Å². The summed E-state index contributed by atoms with van der Waals surface area (Å²) in [7, 11) is 3.59. The van der Waals surface area contributed by atoms with Crippen molar-refractivity contribution in [1.29, 1.82) is 0 Å². The first-order chi connectivity index (χ1) is 7.13. The molecule has 1 aromatic heterocycles. The van der Waals surface area contributed by atoms with Crippen molar-refractivity contribution < 1.29 is 4.79 Å². The Balaban J connectivity index is 2.26. The summed E-state index contributed by atoms with van der Waals surface area (Å²) in [6, 6.07) is -0.0143. The van der Waals surface area contributed by atoms with Gasteiger partial charge in [-0.25, -0.2) is 4.79 Å². The third kappa shape index (κ3) is 1.58. The first-order valence-corrected chi connectivity index (χ1v) is 5.11. The molecule has 0 aliphatic carbocycles. The van der Waals surface area contributed by atoms with Gasteiger partial charge in [0.2, 0.25) is 0 Å². The number of aryl methyl sites for hydroxylation is 2.